The van der Waals surface area contributed by atoms with Gasteiger partial charge in [-0.15, -0.1) is 0 Å². The van der Waals surface area contributed by atoms with E-state index in [2.05, 4.69) is 20.9 Å². The zero-order valence-electron chi connectivity index (χ0n) is 8.88. The van der Waals surface area contributed by atoms with Gasteiger partial charge in [0.2, 0.25) is 11.7 Å². The second-order valence-corrected chi connectivity index (χ2v) is 4.34. The smallest absolute Gasteiger partial charge is 0.222 e. The summed E-state index contributed by atoms with van der Waals surface area (Å²) in [6.45, 7) is 1.77. The monoisotopic (exact) mass is 299 g/mol. The van der Waals surface area contributed by atoms with E-state index in [1.54, 1.807) is 19.1 Å². The van der Waals surface area contributed by atoms with Crippen molar-refractivity contribution in [2.75, 3.05) is 0 Å². The Hall–Kier alpha value is -1.49. The van der Waals surface area contributed by atoms with Crippen LogP contribution in [0.2, 0.25) is 0 Å². The molecule has 2 rings (SSSR count). The minimum atomic E-state index is -1.03. The molecular weight excluding hydrogens is 292 g/mol. The van der Waals surface area contributed by atoms with Gasteiger partial charge >= 0.3 is 0 Å². The lowest BCUT2D eigenvalue weighted by Crippen LogP contribution is -1.95. The number of aromatic nitrogens is 1. The first kappa shape index (κ1) is 12.0. The van der Waals surface area contributed by atoms with Gasteiger partial charge in [-0.1, -0.05) is 22.0 Å². The van der Waals surface area contributed by atoms with Crippen LogP contribution in [0.15, 0.2) is 34.9 Å². The molecule has 0 unspecified atom stereocenters. The van der Waals surface area contributed by atoms with E-state index in [1.807, 2.05) is 0 Å². The highest BCUT2D eigenvalue weighted by Crippen LogP contribution is 2.29. The maximum atomic E-state index is 13.5. The molecule has 0 N–H and O–H groups in total. The Kier molecular flexibility index (Phi) is 3.38. The number of hydrogen-bond acceptors (Lipinski definition) is 2. The number of ether oxygens (including phenoxy) is 1. The van der Waals surface area contributed by atoms with Crippen molar-refractivity contribution in [2.45, 2.75) is 6.92 Å². The first-order chi connectivity index (χ1) is 8.08. The van der Waals surface area contributed by atoms with E-state index in [4.69, 9.17) is 4.74 Å². The van der Waals surface area contributed by atoms with Gasteiger partial charge in [-0.3, -0.25) is 0 Å². The maximum absolute atomic E-state index is 13.5. The van der Waals surface area contributed by atoms with Gasteiger partial charge in [0, 0.05) is 16.2 Å². The van der Waals surface area contributed by atoms with Crippen LogP contribution in [0.4, 0.5) is 8.78 Å². The van der Waals surface area contributed by atoms with E-state index in [1.165, 1.54) is 12.3 Å². The van der Waals surface area contributed by atoms with Crippen molar-refractivity contribution < 1.29 is 13.5 Å². The summed E-state index contributed by atoms with van der Waals surface area (Å²) in [5, 5.41) is 0. The van der Waals surface area contributed by atoms with Crippen LogP contribution in [-0.2, 0) is 0 Å². The van der Waals surface area contributed by atoms with Crippen molar-refractivity contribution in [3.05, 3.63) is 52.1 Å². The van der Waals surface area contributed by atoms with Gasteiger partial charge in [0.05, 0.1) is 0 Å². The van der Waals surface area contributed by atoms with E-state index in [0.717, 1.165) is 11.6 Å². The Morgan fingerprint density at radius 1 is 1.29 bits per heavy atom. The summed E-state index contributed by atoms with van der Waals surface area (Å²) in [5.41, 5.74) is 0.743. The highest BCUT2D eigenvalue weighted by molar-refractivity contribution is 9.10. The highest BCUT2D eigenvalue weighted by Gasteiger charge is 2.13. The lowest BCUT2D eigenvalue weighted by Gasteiger charge is -2.08. The average molecular weight is 300 g/mol. The lowest BCUT2D eigenvalue weighted by atomic mass is 10.3. The molecule has 0 aliphatic carbocycles. The Labute approximate surface area is 105 Å². The lowest BCUT2D eigenvalue weighted by molar-refractivity contribution is 0.402. The summed E-state index contributed by atoms with van der Waals surface area (Å²) < 4.78 is 32.2. The molecule has 0 saturated heterocycles. The summed E-state index contributed by atoms with van der Waals surface area (Å²) in [4.78, 5) is 3.95. The molecule has 0 bridgehead atoms. The topological polar surface area (TPSA) is 22.1 Å². The zero-order chi connectivity index (χ0) is 12.4. The first-order valence-electron chi connectivity index (χ1n) is 4.82. The molecule has 5 heteroatoms. The van der Waals surface area contributed by atoms with Crippen LogP contribution in [0.25, 0.3) is 0 Å². The van der Waals surface area contributed by atoms with Gasteiger partial charge in [-0.05, 0) is 25.1 Å². The molecule has 0 atom stereocenters. The van der Waals surface area contributed by atoms with Gasteiger partial charge < -0.3 is 4.74 Å². The zero-order valence-corrected chi connectivity index (χ0v) is 10.5. The number of benzene rings is 1. The van der Waals surface area contributed by atoms with Crippen LogP contribution in [0, 0.1) is 18.6 Å². The molecule has 1 heterocycles. The average Bonchev–Trinajstić information content (AvgIpc) is 2.28. The van der Waals surface area contributed by atoms with Gasteiger partial charge in [-0.2, -0.15) is 4.39 Å². The number of rotatable bonds is 2. The molecule has 0 aliphatic rings. The molecule has 0 fully saturated rings. The van der Waals surface area contributed by atoms with Crippen LogP contribution in [0.1, 0.15) is 5.56 Å². The van der Waals surface area contributed by atoms with Gasteiger partial charge in [-0.25, -0.2) is 9.37 Å². The Bertz CT molecular complexity index is 560. The van der Waals surface area contributed by atoms with Crippen molar-refractivity contribution in [1.29, 1.82) is 0 Å². The quantitative estimate of drug-likeness (QED) is 0.775. The fourth-order valence-electron chi connectivity index (χ4n) is 1.29. The normalized spacial score (nSPS) is 10.4. The second-order valence-electron chi connectivity index (χ2n) is 3.43. The van der Waals surface area contributed by atoms with Crippen molar-refractivity contribution in [3.63, 3.8) is 0 Å². The Morgan fingerprint density at radius 2 is 2.06 bits per heavy atom. The number of aryl methyl sites for hydroxylation is 1. The van der Waals surface area contributed by atoms with Crippen molar-refractivity contribution in [3.8, 4) is 11.6 Å². The summed E-state index contributed by atoms with van der Waals surface area (Å²) >= 11 is 3.07. The van der Waals surface area contributed by atoms with Crippen LogP contribution in [0.3, 0.4) is 0 Å². The molecular formula is C12H8BrF2NO. The number of pyridine rings is 1. The largest absolute Gasteiger partial charge is 0.436 e. The predicted molar refractivity (Wildman–Crippen MR) is 63.1 cm³/mol. The van der Waals surface area contributed by atoms with Gasteiger partial charge in [0.25, 0.3) is 0 Å². The van der Waals surface area contributed by atoms with E-state index in [0.29, 0.717) is 4.47 Å². The molecule has 0 spiro atoms. The van der Waals surface area contributed by atoms with Crippen LogP contribution in [-0.4, -0.2) is 4.98 Å². The van der Waals surface area contributed by atoms with Gasteiger partial charge in [0.1, 0.15) is 0 Å². The molecule has 0 radical (unpaired) electrons. The maximum Gasteiger partial charge on any atom is 0.222 e. The molecule has 17 heavy (non-hydrogen) atoms. The van der Waals surface area contributed by atoms with Crippen molar-refractivity contribution in [2.24, 2.45) is 0 Å². The van der Waals surface area contributed by atoms with E-state index < -0.39 is 11.6 Å². The molecule has 2 aromatic rings. The molecule has 0 saturated carbocycles. The summed E-state index contributed by atoms with van der Waals surface area (Å²) in [5.74, 6) is -1.94. The summed E-state index contributed by atoms with van der Waals surface area (Å²) in [6, 6.07) is 5.90. The van der Waals surface area contributed by atoms with E-state index >= 15 is 0 Å². The minimum absolute atomic E-state index is 0.196. The van der Waals surface area contributed by atoms with Crippen molar-refractivity contribution in [1.82, 2.24) is 4.98 Å². The third-order valence-corrected chi connectivity index (χ3v) is 2.59. The van der Waals surface area contributed by atoms with Gasteiger partial charge in [0.15, 0.2) is 11.6 Å². The van der Waals surface area contributed by atoms with Crippen LogP contribution in [0.5, 0.6) is 11.6 Å². The Balaban J connectivity index is 2.40. The molecule has 1 aromatic heterocycles. The molecule has 88 valence electrons. The van der Waals surface area contributed by atoms with Crippen LogP contribution >= 0.6 is 15.9 Å². The first-order valence-corrected chi connectivity index (χ1v) is 5.61. The number of halogens is 3. The third-order valence-electron chi connectivity index (χ3n) is 2.13. The minimum Gasteiger partial charge on any atom is -0.436 e. The molecule has 0 amide bonds. The van der Waals surface area contributed by atoms with Crippen molar-refractivity contribution >= 4 is 15.9 Å². The standard InChI is InChI=1S/C12H8BrF2NO/c1-7-3-2-4-16-12(7)17-10-6-8(13)5-9(14)11(10)15/h2-6H,1H3. The number of nitrogens with zero attached hydrogens (tertiary/aromatic N) is 1. The fraction of sp³-hybridized carbons (Fsp3) is 0.0833. The molecule has 1 aromatic carbocycles. The van der Waals surface area contributed by atoms with E-state index in [9.17, 15) is 8.78 Å². The van der Waals surface area contributed by atoms with E-state index in [-0.39, 0.29) is 11.6 Å². The fourth-order valence-corrected chi connectivity index (χ4v) is 1.70. The third kappa shape index (κ3) is 2.61. The summed E-state index contributed by atoms with van der Waals surface area (Å²) in [6.07, 6.45) is 1.52. The number of hydrogen-bond donors (Lipinski definition) is 0. The Morgan fingerprint density at radius 3 is 2.76 bits per heavy atom. The molecule has 2 nitrogen and oxygen atoms in total. The van der Waals surface area contributed by atoms with Crippen LogP contribution < -0.4 is 4.74 Å². The predicted octanol–water partition coefficient (Wildman–Crippen LogP) is 4.22. The summed E-state index contributed by atoms with van der Waals surface area (Å²) in [7, 11) is 0. The molecule has 0 aliphatic heterocycles. The SMILES string of the molecule is Cc1cccnc1Oc1cc(Br)cc(F)c1F. The second kappa shape index (κ2) is 4.79. The highest BCUT2D eigenvalue weighted by atomic mass is 79.9.